The number of fused-ring (bicyclic) bond motifs is 1. The summed E-state index contributed by atoms with van der Waals surface area (Å²) < 4.78 is 16.7. The molecule has 2 heterocycles. The second-order valence-electron chi connectivity index (χ2n) is 6.90. The number of ether oxygens (including phenoxy) is 3. The molecule has 1 atom stereocenters. The first kappa shape index (κ1) is 20.0. The average molecular weight is 425 g/mol. The zero-order valence-electron chi connectivity index (χ0n) is 16.6. The van der Waals surface area contributed by atoms with E-state index in [1.165, 1.54) is 7.11 Å². The molecular weight excluding hydrogens is 404 g/mol. The summed E-state index contributed by atoms with van der Waals surface area (Å²) in [6.07, 6.45) is 3.93. The summed E-state index contributed by atoms with van der Waals surface area (Å²) in [5.74, 6) is 1.61. The van der Waals surface area contributed by atoms with Crippen molar-refractivity contribution in [2.45, 2.75) is 12.5 Å². The lowest BCUT2D eigenvalue weighted by Crippen LogP contribution is -2.34. The number of carbonyl (C=O) groups excluding carboxylic acids is 1. The lowest BCUT2D eigenvalue weighted by molar-refractivity contribution is 0.0930. The highest BCUT2D eigenvalue weighted by molar-refractivity contribution is 6.31. The highest BCUT2D eigenvalue weighted by atomic mass is 35.5. The average Bonchev–Trinajstić information content (AvgIpc) is 3.19. The van der Waals surface area contributed by atoms with Gasteiger partial charge in [0.1, 0.15) is 23.4 Å². The summed E-state index contributed by atoms with van der Waals surface area (Å²) in [4.78, 5) is 16.8. The molecule has 154 valence electrons. The van der Waals surface area contributed by atoms with Crippen LogP contribution in [0.1, 0.15) is 15.9 Å². The van der Waals surface area contributed by atoms with Crippen LogP contribution in [0.25, 0.3) is 11.1 Å². The molecule has 30 heavy (non-hydrogen) atoms. The molecule has 7 heteroatoms. The monoisotopic (exact) mass is 424 g/mol. The summed E-state index contributed by atoms with van der Waals surface area (Å²) in [5, 5.41) is 3.58. The van der Waals surface area contributed by atoms with Crippen LogP contribution in [0, 0.1) is 0 Å². The van der Waals surface area contributed by atoms with Crippen molar-refractivity contribution in [1.29, 1.82) is 0 Å². The summed E-state index contributed by atoms with van der Waals surface area (Å²) in [6.45, 7) is 0.348. The van der Waals surface area contributed by atoms with E-state index in [9.17, 15) is 4.79 Å². The van der Waals surface area contributed by atoms with Gasteiger partial charge < -0.3 is 19.5 Å². The molecule has 0 radical (unpaired) electrons. The second kappa shape index (κ2) is 8.63. The fraction of sp³-hybridized carbons (Fsp3) is 0.217. The lowest BCUT2D eigenvalue weighted by Gasteiger charge is -2.15. The number of amides is 1. The Hall–Kier alpha value is -3.25. The highest BCUT2D eigenvalue weighted by Crippen LogP contribution is 2.40. The molecule has 1 amide bonds. The topological polar surface area (TPSA) is 69.7 Å². The maximum Gasteiger partial charge on any atom is 0.255 e. The smallest absolute Gasteiger partial charge is 0.255 e. The molecule has 0 spiro atoms. The predicted molar refractivity (Wildman–Crippen MR) is 115 cm³/mol. The van der Waals surface area contributed by atoms with Crippen LogP contribution in [-0.4, -0.2) is 37.8 Å². The molecule has 1 N–H and O–H groups in total. The Morgan fingerprint density at radius 1 is 1.17 bits per heavy atom. The van der Waals surface area contributed by atoms with Gasteiger partial charge in [0.05, 0.1) is 26.3 Å². The third-order valence-corrected chi connectivity index (χ3v) is 5.21. The van der Waals surface area contributed by atoms with Gasteiger partial charge in [-0.15, -0.1) is 0 Å². The third-order valence-electron chi connectivity index (χ3n) is 5.00. The number of halogens is 1. The molecule has 0 bridgehead atoms. The first-order valence-electron chi connectivity index (χ1n) is 9.48. The SMILES string of the molecule is COc1ccc(OC)c(C(=O)NC[C@@H]2Cc3cc(Cl)cc(-c4ccncc4)c3O2)c1. The highest BCUT2D eigenvalue weighted by Gasteiger charge is 2.27. The number of nitrogens with zero attached hydrogens (tertiary/aromatic N) is 1. The van der Waals surface area contributed by atoms with Gasteiger partial charge in [0, 0.05) is 35.0 Å². The fourth-order valence-corrected chi connectivity index (χ4v) is 3.79. The maximum absolute atomic E-state index is 12.7. The van der Waals surface area contributed by atoms with E-state index in [1.807, 2.05) is 24.3 Å². The molecule has 6 nitrogen and oxygen atoms in total. The number of benzene rings is 2. The summed E-state index contributed by atoms with van der Waals surface area (Å²) in [5.41, 5.74) is 3.33. The van der Waals surface area contributed by atoms with Crippen molar-refractivity contribution in [2.24, 2.45) is 0 Å². The number of methoxy groups -OCH3 is 2. The van der Waals surface area contributed by atoms with E-state index in [0.717, 1.165) is 22.4 Å². The number of hydrogen-bond donors (Lipinski definition) is 1. The van der Waals surface area contributed by atoms with Crippen molar-refractivity contribution in [2.75, 3.05) is 20.8 Å². The summed E-state index contributed by atoms with van der Waals surface area (Å²) >= 11 is 6.33. The largest absolute Gasteiger partial charge is 0.497 e. The van der Waals surface area contributed by atoms with E-state index in [2.05, 4.69) is 10.3 Å². The van der Waals surface area contributed by atoms with Crippen LogP contribution in [0.5, 0.6) is 17.2 Å². The van der Waals surface area contributed by atoms with Gasteiger partial charge in [0.2, 0.25) is 0 Å². The van der Waals surface area contributed by atoms with E-state index in [0.29, 0.717) is 35.1 Å². The van der Waals surface area contributed by atoms with E-state index < -0.39 is 0 Å². The van der Waals surface area contributed by atoms with Gasteiger partial charge in [-0.05, 0) is 48.0 Å². The maximum atomic E-state index is 12.7. The van der Waals surface area contributed by atoms with E-state index >= 15 is 0 Å². The zero-order chi connectivity index (χ0) is 21.1. The van der Waals surface area contributed by atoms with Crippen LogP contribution in [-0.2, 0) is 6.42 Å². The number of pyridine rings is 1. The van der Waals surface area contributed by atoms with Gasteiger partial charge in [-0.2, -0.15) is 0 Å². The fourth-order valence-electron chi connectivity index (χ4n) is 3.55. The standard InChI is InChI=1S/C23H21ClN2O4/c1-28-17-3-4-21(29-2)20(12-17)23(27)26-13-18-10-15-9-16(24)11-19(22(15)30-18)14-5-7-25-8-6-14/h3-9,11-12,18H,10,13H2,1-2H3,(H,26,27)/t18-/m0/s1. The van der Waals surface area contributed by atoms with Gasteiger partial charge in [-0.25, -0.2) is 0 Å². The first-order valence-corrected chi connectivity index (χ1v) is 9.86. The minimum absolute atomic E-state index is 0.195. The van der Waals surface area contributed by atoms with Crippen LogP contribution >= 0.6 is 11.6 Å². The van der Waals surface area contributed by atoms with Crippen molar-refractivity contribution in [1.82, 2.24) is 10.3 Å². The van der Waals surface area contributed by atoms with E-state index in [-0.39, 0.29) is 12.0 Å². The quantitative estimate of drug-likeness (QED) is 0.643. The van der Waals surface area contributed by atoms with Crippen LogP contribution in [0.4, 0.5) is 0 Å². The van der Waals surface area contributed by atoms with Crippen LogP contribution in [0.15, 0.2) is 54.9 Å². The van der Waals surface area contributed by atoms with Crippen molar-refractivity contribution in [3.05, 3.63) is 71.0 Å². The first-order chi connectivity index (χ1) is 14.6. The molecule has 4 rings (SSSR count). The Morgan fingerprint density at radius 3 is 2.70 bits per heavy atom. The van der Waals surface area contributed by atoms with Gasteiger partial charge in [-0.3, -0.25) is 9.78 Å². The molecular formula is C23H21ClN2O4. The molecule has 1 aliphatic heterocycles. The van der Waals surface area contributed by atoms with Gasteiger partial charge in [0.15, 0.2) is 0 Å². The Balaban J connectivity index is 1.49. The minimum atomic E-state index is -0.252. The number of aromatic nitrogens is 1. The van der Waals surface area contributed by atoms with Crippen molar-refractivity contribution < 1.29 is 19.0 Å². The van der Waals surface area contributed by atoms with Gasteiger partial charge >= 0.3 is 0 Å². The van der Waals surface area contributed by atoms with Crippen molar-refractivity contribution in [3.63, 3.8) is 0 Å². The Kier molecular flexibility index (Phi) is 5.77. The molecule has 0 fully saturated rings. The normalized spacial score (nSPS) is 14.6. The van der Waals surface area contributed by atoms with Gasteiger partial charge in [0.25, 0.3) is 5.91 Å². The number of carbonyl (C=O) groups is 1. The lowest BCUT2D eigenvalue weighted by atomic mass is 10.0. The van der Waals surface area contributed by atoms with Crippen LogP contribution in [0.2, 0.25) is 5.02 Å². The Bertz CT molecular complexity index is 1070. The van der Waals surface area contributed by atoms with Crippen LogP contribution < -0.4 is 19.5 Å². The number of nitrogens with one attached hydrogen (secondary N) is 1. The molecule has 0 saturated heterocycles. The Labute approximate surface area is 179 Å². The molecule has 1 aromatic heterocycles. The van der Waals surface area contributed by atoms with E-state index in [1.54, 1.807) is 37.7 Å². The summed E-state index contributed by atoms with van der Waals surface area (Å²) in [7, 11) is 3.08. The molecule has 0 saturated carbocycles. The minimum Gasteiger partial charge on any atom is -0.497 e. The Morgan fingerprint density at radius 2 is 1.97 bits per heavy atom. The third kappa shape index (κ3) is 4.04. The number of hydrogen-bond acceptors (Lipinski definition) is 5. The summed E-state index contributed by atoms with van der Waals surface area (Å²) in [6, 6.07) is 12.7. The predicted octanol–water partition coefficient (Wildman–Crippen LogP) is 4.15. The zero-order valence-corrected chi connectivity index (χ0v) is 17.4. The van der Waals surface area contributed by atoms with E-state index in [4.69, 9.17) is 25.8 Å². The molecule has 2 aromatic carbocycles. The molecule has 1 aliphatic rings. The molecule has 0 aliphatic carbocycles. The number of rotatable bonds is 6. The van der Waals surface area contributed by atoms with Crippen LogP contribution in [0.3, 0.4) is 0 Å². The second-order valence-corrected chi connectivity index (χ2v) is 7.33. The molecule has 0 unspecified atom stereocenters. The van der Waals surface area contributed by atoms with Gasteiger partial charge in [-0.1, -0.05) is 11.6 Å². The van der Waals surface area contributed by atoms with Crippen molar-refractivity contribution in [3.8, 4) is 28.4 Å². The van der Waals surface area contributed by atoms with Crippen molar-refractivity contribution >= 4 is 17.5 Å². The molecule has 3 aromatic rings.